The van der Waals surface area contributed by atoms with Gasteiger partial charge in [0.1, 0.15) is 0 Å². The summed E-state index contributed by atoms with van der Waals surface area (Å²) in [5.74, 6) is 0.444. The van der Waals surface area contributed by atoms with Crippen LogP contribution in [0.1, 0.15) is 42.6 Å². The molecule has 2 rings (SSSR count). The van der Waals surface area contributed by atoms with Gasteiger partial charge in [0.05, 0.1) is 10.7 Å². The van der Waals surface area contributed by atoms with E-state index in [1.165, 1.54) is 11.1 Å². The average molecular weight is 458 g/mol. The number of thiazole rings is 1. The quantitative estimate of drug-likeness (QED) is 0.399. The van der Waals surface area contributed by atoms with Gasteiger partial charge in [0.25, 0.3) is 0 Å². The van der Waals surface area contributed by atoms with E-state index in [-0.39, 0.29) is 29.4 Å². The van der Waals surface area contributed by atoms with Crippen molar-refractivity contribution in [3.8, 4) is 0 Å². The summed E-state index contributed by atoms with van der Waals surface area (Å²) in [5, 5.41) is 6.41. The lowest BCUT2D eigenvalue weighted by atomic mass is 9.98. The van der Waals surface area contributed by atoms with E-state index in [4.69, 9.17) is 5.73 Å². The second kappa shape index (κ2) is 8.80. The van der Waals surface area contributed by atoms with Gasteiger partial charge in [-0.05, 0) is 37.1 Å². The molecule has 132 valence electrons. The molecule has 2 aromatic rings. The van der Waals surface area contributed by atoms with Crippen molar-refractivity contribution in [1.29, 1.82) is 0 Å². The highest BCUT2D eigenvalue weighted by Crippen LogP contribution is 2.25. The van der Waals surface area contributed by atoms with Crippen molar-refractivity contribution in [2.24, 2.45) is 10.7 Å². The molecule has 0 atom stereocenters. The molecular weight excluding hydrogens is 431 g/mol. The Bertz CT molecular complexity index is 701. The van der Waals surface area contributed by atoms with Crippen LogP contribution in [-0.2, 0) is 11.8 Å². The minimum absolute atomic E-state index is 0. The molecule has 1 aromatic carbocycles. The number of halogens is 1. The number of aliphatic imine (C=N–C) groups is 1. The highest BCUT2D eigenvalue weighted by molar-refractivity contribution is 14.0. The summed E-state index contributed by atoms with van der Waals surface area (Å²) >= 11 is 1.71. The van der Waals surface area contributed by atoms with Crippen LogP contribution in [0.4, 0.5) is 5.69 Å². The van der Waals surface area contributed by atoms with Crippen molar-refractivity contribution in [2.75, 3.05) is 11.9 Å². The van der Waals surface area contributed by atoms with Crippen LogP contribution in [0.25, 0.3) is 0 Å². The molecule has 3 N–H and O–H groups in total. The molecule has 0 amide bonds. The molecule has 0 saturated carbocycles. The zero-order valence-corrected chi connectivity index (χ0v) is 18.2. The van der Waals surface area contributed by atoms with Gasteiger partial charge in [0.2, 0.25) is 0 Å². The molecule has 0 aliphatic heterocycles. The first-order valence-electron chi connectivity index (χ1n) is 7.85. The van der Waals surface area contributed by atoms with E-state index in [9.17, 15) is 0 Å². The average Bonchev–Trinajstić information content (AvgIpc) is 2.92. The number of nitrogens with one attached hydrogen (secondary N) is 1. The molecule has 0 aliphatic carbocycles. The summed E-state index contributed by atoms with van der Waals surface area (Å²) in [6, 6.07) is 6.17. The molecular formula is C18H27IN4S. The Labute approximate surface area is 166 Å². The molecule has 0 saturated heterocycles. The number of rotatable bonds is 4. The van der Waals surface area contributed by atoms with E-state index in [2.05, 4.69) is 67.4 Å². The molecule has 24 heavy (non-hydrogen) atoms. The van der Waals surface area contributed by atoms with E-state index < -0.39 is 0 Å². The van der Waals surface area contributed by atoms with Crippen molar-refractivity contribution in [1.82, 2.24) is 4.98 Å². The number of nitrogens with zero attached hydrogens (tertiary/aromatic N) is 2. The third-order valence-electron chi connectivity index (χ3n) is 3.62. The second-order valence-corrected chi connectivity index (χ2v) is 7.69. The number of hydrogen-bond acceptors (Lipinski definition) is 3. The predicted octanol–water partition coefficient (Wildman–Crippen LogP) is 4.64. The summed E-state index contributed by atoms with van der Waals surface area (Å²) in [5.41, 5.74) is 10.6. The van der Waals surface area contributed by atoms with Crippen LogP contribution in [0.5, 0.6) is 0 Å². The smallest absolute Gasteiger partial charge is 0.193 e. The summed E-state index contributed by atoms with van der Waals surface area (Å²) in [4.78, 5) is 9.06. The topological polar surface area (TPSA) is 63.3 Å². The van der Waals surface area contributed by atoms with Crippen LogP contribution < -0.4 is 11.1 Å². The normalized spacial score (nSPS) is 12.0. The third kappa shape index (κ3) is 6.05. The number of nitrogens with two attached hydrogens (primary N) is 1. The van der Waals surface area contributed by atoms with E-state index in [1.54, 1.807) is 11.3 Å². The first kappa shape index (κ1) is 20.9. The molecule has 0 bridgehead atoms. The third-order valence-corrected chi connectivity index (χ3v) is 4.94. The standard InChI is InChI=1S/C18H26N4S.HI/c1-12-6-7-14(10-13(12)2)22-17(19)20-9-8-15-11-23-16(21-15)18(3,4)5;/h6-7,10-11H,8-9H2,1-5H3,(H3,19,20,22);1H. The maximum atomic E-state index is 5.95. The highest BCUT2D eigenvalue weighted by Gasteiger charge is 2.17. The Morgan fingerprint density at radius 3 is 2.54 bits per heavy atom. The van der Waals surface area contributed by atoms with E-state index in [0.717, 1.165) is 22.8 Å². The number of aryl methyl sites for hydroxylation is 2. The first-order chi connectivity index (χ1) is 10.8. The molecule has 4 nitrogen and oxygen atoms in total. The van der Waals surface area contributed by atoms with Gasteiger partial charge in [-0.3, -0.25) is 4.99 Å². The highest BCUT2D eigenvalue weighted by atomic mass is 127. The fourth-order valence-corrected chi connectivity index (χ4v) is 3.01. The lowest BCUT2D eigenvalue weighted by molar-refractivity contribution is 0.583. The van der Waals surface area contributed by atoms with Crippen LogP contribution in [0.2, 0.25) is 0 Å². The number of benzene rings is 1. The Hall–Kier alpha value is -1.15. The second-order valence-electron chi connectivity index (χ2n) is 6.83. The Balaban J connectivity index is 0.00000288. The van der Waals surface area contributed by atoms with Gasteiger partial charge < -0.3 is 11.1 Å². The van der Waals surface area contributed by atoms with Gasteiger partial charge in [-0.1, -0.05) is 26.8 Å². The number of hydrogen-bond donors (Lipinski definition) is 2. The van der Waals surface area contributed by atoms with Crippen LogP contribution >= 0.6 is 35.3 Å². The van der Waals surface area contributed by atoms with Crippen molar-refractivity contribution in [3.05, 3.63) is 45.4 Å². The van der Waals surface area contributed by atoms with Gasteiger partial charge in [-0.2, -0.15) is 0 Å². The largest absolute Gasteiger partial charge is 0.370 e. The minimum atomic E-state index is 0. The fourth-order valence-electron chi connectivity index (χ4n) is 2.06. The molecule has 0 fully saturated rings. The molecule has 0 spiro atoms. The Kier molecular flexibility index (Phi) is 7.66. The van der Waals surface area contributed by atoms with Crippen LogP contribution in [0.15, 0.2) is 28.6 Å². The summed E-state index contributed by atoms with van der Waals surface area (Å²) < 4.78 is 0. The lowest BCUT2D eigenvalue weighted by Crippen LogP contribution is -2.23. The number of anilines is 1. The van der Waals surface area contributed by atoms with Crippen molar-refractivity contribution in [3.63, 3.8) is 0 Å². The SMILES string of the molecule is Cc1ccc(NC(N)=NCCc2csc(C(C)(C)C)n2)cc1C.I. The summed E-state index contributed by atoms with van der Waals surface area (Å²) in [6.45, 7) is 11.4. The molecule has 1 heterocycles. The maximum Gasteiger partial charge on any atom is 0.193 e. The number of aromatic nitrogens is 1. The van der Waals surface area contributed by atoms with Gasteiger partial charge in [0.15, 0.2) is 5.96 Å². The zero-order chi connectivity index (χ0) is 17.0. The zero-order valence-electron chi connectivity index (χ0n) is 15.0. The van der Waals surface area contributed by atoms with Crippen LogP contribution in [0, 0.1) is 13.8 Å². The first-order valence-corrected chi connectivity index (χ1v) is 8.73. The summed E-state index contributed by atoms with van der Waals surface area (Å²) in [6.07, 6.45) is 0.807. The van der Waals surface area contributed by atoms with Gasteiger partial charge in [0, 0.05) is 29.4 Å². The molecule has 6 heteroatoms. The van der Waals surface area contributed by atoms with Gasteiger partial charge in [-0.15, -0.1) is 35.3 Å². The Morgan fingerprint density at radius 1 is 1.25 bits per heavy atom. The fraction of sp³-hybridized carbons (Fsp3) is 0.444. The van der Waals surface area contributed by atoms with Gasteiger partial charge >= 0.3 is 0 Å². The molecule has 0 unspecified atom stereocenters. The molecule has 0 radical (unpaired) electrons. The van der Waals surface area contributed by atoms with Crippen molar-refractivity contribution >= 4 is 47.0 Å². The minimum Gasteiger partial charge on any atom is -0.370 e. The molecule has 0 aliphatic rings. The van der Waals surface area contributed by atoms with Crippen molar-refractivity contribution in [2.45, 2.75) is 46.5 Å². The maximum absolute atomic E-state index is 5.95. The van der Waals surface area contributed by atoms with Crippen LogP contribution in [0.3, 0.4) is 0 Å². The van der Waals surface area contributed by atoms with E-state index in [0.29, 0.717) is 12.5 Å². The molecule has 1 aromatic heterocycles. The van der Waals surface area contributed by atoms with E-state index >= 15 is 0 Å². The Morgan fingerprint density at radius 2 is 1.96 bits per heavy atom. The van der Waals surface area contributed by atoms with Crippen molar-refractivity contribution < 1.29 is 0 Å². The summed E-state index contributed by atoms with van der Waals surface area (Å²) in [7, 11) is 0. The predicted molar refractivity (Wildman–Crippen MR) is 116 cm³/mol. The van der Waals surface area contributed by atoms with E-state index in [1.807, 2.05) is 6.07 Å². The van der Waals surface area contributed by atoms with Gasteiger partial charge in [-0.25, -0.2) is 4.98 Å². The monoisotopic (exact) mass is 458 g/mol. The number of guanidine groups is 1. The van der Waals surface area contributed by atoms with Crippen LogP contribution in [-0.4, -0.2) is 17.5 Å². The lowest BCUT2D eigenvalue weighted by Gasteiger charge is -2.13.